The minimum Gasteiger partial charge on any atom is -0.492 e. The van der Waals surface area contributed by atoms with Crippen molar-refractivity contribution in [1.82, 2.24) is 5.32 Å². The fraction of sp³-hybridized carbons (Fsp3) is 0.600. The Balaban J connectivity index is 2.14. The lowest BCUT2D eigenvalue weighted by Gasteiger charge is -2.29. The average Bonchev–Trinajstić information content (AvgIpc) is 2.97. The quantitative estimate of drug-likeness (QED) is 0.821. The molecule has 1 fully saturated rings. The third-order valence-corrected chi connectivity index (χ3v) is 4.49. The molecule has 1 saturated carbocycles. The molecule has 0 aliphatic heterocycles. The summed E-state index contributed by atoms with van der Waals surface area (Å²) in [6.45, 7) is 8.29. The van der Waals surface area contributed by atoms with Crippen LogP contribution in [0.25, 0.3) is 0 Å². The monoisotopic (exact) mass is 346 g/mol. The molecule has 0 saturated heterocycles. The summed E-state index contributed by atoms with van der Waals surface area (Å²) in [6.07, 6.45) is 3.67. The molecule has 0 unspecified atom stereocenters. The molecule has 25 heavy (non-hydrogen) atoms. The molecule has 1 aromatic carbocycles. The van der Waals surface area contributed by atoms with Gasteiger partial charge in [0.15, 0.2) is 0 Å². The van der Waals surface area contributed by atoms with E-state index in [1.165, 1.54) is 0 Å². The van der Waals surface area contributed by atoms with Crippen LogP contribution in [0.4, 0.5) is 5.69 Å². The summed E-state index contributed by atoms with van der Waals surface area (Å²) < 4.78 is 5.59. The highest BCUT2D eigenvalue weighted by atomic mass is 16.5. The number of rotatable bonds is 6. The van der Waals surface area contributed by atoms with Crippen LogP contribution in [0.1, 0.15) is 59.8 Å². The van der Waals surface area contributed by atoms with Crippen LogP contribution in [0, 0.1) is 5.41 Å². The predicted molar refractivity (Wildman–Crippen MR) is 99.7 cm³/mol. The average molecular weight is 346 g/mol. The molecular weight excluding hydrogens is 316 g/mol. The first-order valence-electron chi connectivity index (χ1n) is 9.10. The first kappa shape index (κ1) is 19.3. The van der Waals surface area contributed by atoms with Gasteiger partial charge in [-0.3, -0.25) is 9.59 Å². The summed E-state index contributed by atoms with van der Waals surface area (Å²) in [6, 6.07) is 7.42. The van der Waals surface area contributed by atoms with Gasteiger partial charge in [-0.05, 0) is 52.7 Å². The number of benzene rings is 1. The summed E-state index contributed by atoms with van der Waals surface area (Å²) in [5, 5.41) is 5.98. The van der Waals surface area contributed by atoms with Gasteiger partial charge in [0, 0.05) is 12.0 Å². The summed E-state index contributed by atoms with van der Waals surface area (Å²) in [5.41, 5.74) is -0.263. The normalized spacial score (nSPS) is 16.3. The fourth-order valence-electron chi connectivity index (χ4n) is 3.41. The first-order chi connectivity index (χ1) is 11.8. The Kier molecular flexibility index (Phi) is 6.09. The van der Waals surface area contributed by atoms with Crippen LogP contribution in [0.5, 0.6) is 5.75 Å². The van der Waals surface area contributed by atoms with E-state index in [1.54, 1.807) is 0 Å². The Hall–Kier alpha value is -2.04. The third kappa shape index (κ3) is 5.21. The summed E-state index contributed by atoms with van der Waals surface area (Å²) in [4.78, 5) is 25.5. The molecule has 5 heteroatoms. The summed E-state index contributed by atoms with van der Waals surface area (Å²) >= 11 is 0. The van der Waals surface area contributed by atoms with Crippen molar-refractivity contribution < 1.29 is 14.3 Å². The van der Waals surface area contributed by atoms with Crippen LogP contribution in [-0.4, -0.2) is 24.0 Å². The zero-order valence-corrected chi connectivity index (χ0v) is 15.8. The predicted octanol–water partition coefficient (Wildman–Crippen LogP) is 3.89. The highest BCUT2D eigenvalue weighted by Gasteiger charge is 2.43. The number of amides is 2. The van der Waals surface area contributed by atoms with E-state index >= 15 is 0 Å². The molecule has 0 radical (unpaired) electrons. The number of hydrogen-bond acceptors (Lipinski definition) is 3. The highest BCUT2D eigenvalue weighted by Crippen LogP contribution is 2.42. The topological polar surface area (TPSA) is 67.4 Å². The lowest BCUT2D eigenvalue weighted by atomic mass is 9.81. The number of carbonyl (C=O) groups excluding carboxylic acids is 2. The highest BCUT2D eigenvalue weighted by molar-refractivity contribution is 5.99. The van der Waals surface area contributed by atoms with E-state index in [-0.39, 0.29) is 23.8 Å². The fourth-order valence-corrected chi connectivity index (χ4v) is 3.41. The Morgan fingerprint density at radius 3 is 2.40 bits per heavy atom. The van der Waals surface area contributed by atoms with Gasteiger partial charge >= 0.3 is 0 Å². The van der Waals surface area contributed by atoms with Gasteiger partial charge in [-0.1, -0.05) is 25.0 Å². The van der Waals surface area contributed by atoms with Gasteiger partial charge in [-0.2, -0.15) is 0 Å². The molecule has 2 amide bonds. The molecule has 0 aromatic heterocycles. The summed E-state index contributed by atoms with van der Waals surface area (Å²) in [7, 11) is 0. The second-order valence-electron chi connectivity index (χ2n) is 7.85. The van der Waals surface area contributed by atoms with Gasteiger partial charge in [0.25, 0.3) is 0 Å². The van der Waals surface area contributed by atoms with Gasteiger partial charge in [0.1, 0.15) is 5.75 Å². The van der Waals surface area contributed by atoms with Crippen molar-refractivity contribution in [2.45, 2.75) is 65.3 Å². The Morgan fingerprint density at radius 2 is 1.80 bits per heavy atom. The number of ether oxygens (including phenoxy) is 1. The van der Waals surface area contributed by atoms with Crippen molar-refractivity contribution in [1.29, 1.82) is 0 Å². The molecule has 0 bridgehead atoms. The zero-order valence-electron chi connectivity index (χ0n) is 15.8. The smallest absolute Gasteiger partial charge is 0.231 e. The molecule has 138 valence electrons. The lowest BCUT2D eigenvalue weighted by molar-refractivity contribution is -0.133. The van der Waals surface area contributed by atoms with Gasteiger partial charge < -0.3 is 15.4 Å². The molecule has 0 spiro atoms. The molecule has 5 nitrogen and oxygen atoms in total. The van der Waals surface area contributed by atoms with E-state index in [1.807, 2.05) is 52.0 Å². The zero-order chi connectivity index (χ0) is 18.5. The van der Waals surface area contributed by atoms with Crippen molar-refractivity contribution in [3.63, 3.8) is 0 Å². The van der Waals surface area contributed by atoms with Crippen LogP contribution in [-0.2, 0) is 9.59 Å². The number of carbonyl (C=O) groups is 2. The first-order valence-corrected chi connectivity index (χ1v) is 9.10. The van der Waals surface area contributed by atoms with E-state index in [9.17, 15) is 9.59 Å². The second kappa shape index (κ2) is 7.89. The van der Waals surface area contributed by atoms with E-state index < -0.39 is 5.41 Å². The standard InChI is InChI=1S/C20H30N2O3/c1-5-25-16-11-7-6-10-15(16)21-18(24)20(12-8-9-13-20)14-17(23)22-19(2,3)4/h6-7,10-11H,5,8-9,12-14H2,1-4H3,(H,21,24)(H,22,23). The Morgan fingerprint density at radius 1 is 1.16 bits per heavy atom. The van der Waals surface area contributed by atoms with Crippen molar-refractivity contribution >= 4 is 17.5 Å². The van der Waals surface area contributed by atoms with Crippen LogP contribution in [0.3, 0.4) is 0 Å². The van der Waals surface area contributed by atoms with Crippen molar-refractivity contribution in [3.8, 4) is 5.75 Å². The van der Waals surface area contributed by atoms with E-state index in [4.69, 9.17) is 4.74 Å². The van der Waals surface area contributed by atoms with E-state index in [2.05, 4.69) is 10.6 Å². The van der Waals surface area contributed by atoms with Crippen molar-refractivity contribution in [2.75, 3.05) is 11.9 Å². The number of nitrogens with one attached hydrogen (secondary N) is 2. The molecule has 0 atom stereocenters. The van der Waals surface area contributed by atoms with Crippen molar-refractivity contribution in [3.05, 3.63) is 24.3 Å². The van der Waals surface area contributed by atoms with Crippen LogP contribution in [0.2, 0.25) is 0 Å². The van der Waals surface area contributed by atoms with E-state index in [0.29, 0.717) is 18.0 Å². The van der Waals surface area contributed by atoms with Crippen molar-refractivity contribution in [2.24, 2.45) is 5.41 Å². The summed E-state index contributed by atoms with van der Waals surface area (Å²) in [5.74, 6) is 0.509. The molecule has 1 aliphatic carbocycles. The van der Waals surface area contributed by atoms with Crippen LogP contribution in [0.15, 0.2) is 24.3 Å². The minimum atomic E-state index is -0.630. The number of anilines is 1. The van der Waals surface area contributed by atoms with Crippen LogP contribution >= 0.6 is 0 Å². The maximum atomic E-state index is 13.0. The number of para-hydroxylation sites is 2. The maximum Gasteiger partial charge on any atom is 0.231 e. The molecular formula is C20H30N2O3. The molecule has 1 aliphatic rings. The number of hydrogen-bond donors (Lipinski definition) is 2. The third-order valence-electron chi connectivity index (χ3n) is 4.49. The molecule has 1 aromatic rings. The lowest BCUT2D eigenvalue weighted by Crippen LogP contribution is -2.45. The van der Waals surface area contributed by atoms with Gasteiger partial charge in [-0.15, -0.1) is 0 Å². The maximum absolute atomic E-state index is 13.0. The minimum absolute atomic E-state index is 0.0670. The van der Waals surface area contributed by atoms with Crippen LogP contribution < -0.4 is 15.4 Å². The van der Waals surface area contributed by atoms with Gasteiger partial charge in [-0.25, -0.2) is 0 Å². The largest absolute Gasteiger partial charge is 0.492 e. The van der Waals surface area contributed by atoms with Gasteiger partial charge in [0.05, 0.1) is 17.7 Å². The molecule has 0 heterocycles. The Labute approximate surface area is 150 Å². The van der Waals surface area contributed by atoms with Gasteiger partial charge in [0.2, 0.25) is 11.8 Å². The molecule has 2 N–H and O–H groups in total. The molecule has 2 rings (SSSR count). The van der Waals surface area contributed by atoms with E-state index in [0.717, 1.165) is 25.7 Å². The second-order valence-corrected chi connectivity index (χ2v) is 7.85. The Bertz CT molecular complexity index is 614. The SMILES string of the molecule is CCOc1ccccc1NC(=O)C1(CC(=O)NC(C)(C)C)CCCC1.